The first kappa shape index (κ1) is 12.8. The highest BCUT2D eigenvalue weighted by Crippen LogP contribution is 2.47. The van der Waals surface area contributed by atoms with Crippen LogP contribution < -0.4 is 10.1 Å². The molecule has 0 saturated carbocycles. The number of hydrogen-bond acceptors (Lipinski definition) is 4. The van der Waals surface area contributed by atoms with Crippen molar-refractivity contribution in [2.24, 2.45) is 5.92 Å². The summed E-state index contributed by atoms with van der Waals surface area (Å²) < 4.78 is 5.19. The van der Waals surface area contributed by atoms with Crippen LogP contribution in [0.1, 0.15) is 18.0 Å². The highest BCUT2D eigenvalue weighted by Gasteiger charge is 2.37. The molecule has 4 nitrogen and oxygen atoms in total. The Morgan fingerprint density at radius 1 is 1.53 bits per heavy atom. The van der Waals surface area contributed by atoms with E-state index in [1.165, 1.54) is 23.4 Å². The predicted molar refractivity (Wildman–Crippen MR) is 75.7 cm³/mol. The highest BCUT2D eigenvalue weighted by atomic mass is 32.2. The zero-order valence-electron chi connectivity index (χ0n) is 11.2. The lowest BCUT2D eigenvalue weighted by Gasteiger charge is -2.31. The van der Waals surface area contributed by atoms with Crippen molar-refractivity contribution in [1.82, 2.24) is 10.2 Å². The minimum absolute atomic E-state index is 0.420. The normalized spacial score (nSPS) is 25.6. The number of likely N-dealkylation sites (tertiary alicyclic amines) is 1. The van der Waals surface area contributed by atoms with E-state index in [4.69, 9.17) is 4.74 Å². The van der Waals surface area contributed by atoms with Crippen LogP contribution in [0.25, 0.3) is 0 Å². The monoisotopic (exact) mass is 278 g/mol. The number of thioether (sulfide) groups is 1. The molecule has 2 atom stereocenters. The Bertz CT molecular complexity index is 506. The number of rotatable bonds is 1. The standard InChI is InChI=1S/C14H18N2O2S/c1-15-14(17)18-10-3-4-11-12(7-10)19-8-9-5-6-16(2)13(9)11/h3-4,7,9,13H,5-6,8H2,1-2H3,(H,15,17)/t9-,13-/m0/s1. The van der Waals surface area contributed by atoms with E-state index in [0.717, 1.165) is 11.7 Å². The highest BCUT2D eigenvalue weighted by molar-refractivity contribution is 7.99. The zero-order valence-corrected chi connectivity index (χ0v) is 12.0. The largest absolute Gasteiger partial charge is 0.412 e. The van der Waals surface area contributed by atoms with Gasteiger partial charge >= 0.3 is 6.09 Å². The summed E-state index contributed by atoms with van der Waals surface area (Å²) in [7, 11) is 3.76. The number of amides is 1. The fourth-order valence-corrected chi connectivity index (χ4v) is 4.29. The van der Waals surface area contributed by atoms with Gasteiger partial charge in [0.15, 0.2) is 0 Å². The minimum Gasteiger partial charge on any atom is -0.410 e. The molecule has 102 valence electrons. The maximum absolute atomic E-state index is 11.2. The molecule has 0 aliphatic carbocycles. The van der Waals surface area contributed by atoms with Crippen LogP contribution in [0.2, 0.25) is 0 Å². The summed E-state index contributed by atoms with van der Waals surface area (Å²) in [5.74, 6) is 2.53. The smallest absolute Gasteiger partial charge is 0.410 e. The fraction of sp³-hybridized carbons (Fsp3) is 0.500. The van der Waals surface area contributed by atoms with E-state index in [1.807, 2.05) is 23.9 Å². The molecule has 1 N–H and O–H groups in total. The molecule has 2 aliphatic rings. The second kappa shape index (κ2) is 5.06. The van der Waals surface area contributed by atoms with Crippen LogP contribution in [0.15, 0.2) is 23.1 Å². The van der Waals surface area contributed by atoms with Crippen molar-refractivity contribution < 1.29 is 9.53 Å². The van der Waals surface area contributed by atoms with Crippen LogP contribution in [0.3, 0.4) is 0 Å². The van der Waals surface area contributed by atoms with Crippen LogP contribution in [0.4, 0.5) is 4.79 Å². The summed E-state index contributed by atoms with van der Waals surface area (Å²) >= 11 is 1.88. The van der Waals surface area contributed by atoms with Gasteiger partial charge in [-0.1, -0.05) is 6.07 Å². The molecule has 2 heterocycles. The summed E-state index contributed by atoms with van der Waals surface area (Å²) in [5, 5.41) is 2.46. The van der Waals surface area contributed by atoms with E-state index >= 15 is 0 Å². The first-order valence-electron chi connectivity index (χ1n) is 6.55. The maximum atomic E-state index is 11.2. The number of nitrogens with zero attached hydrogens (tertiary/aromatic N) is 1. The number of benzene rings is 1. The third-order valence-corrected chi connectivity index (χ3v) is 5.20. The molecule has 1 aromatic rings. The van der Waals surface area contributed by atoms with Crippen molar-refractivity contribution in [2.45, 2.75) is 17.4 Å². The Kier molecular flexibility index (Phi) is 3.41. The van der Waals surface area contributed by atoms with Crippen LogP contribution in [0, 0.1) is 5.92 Å². The number of carbonyl (C=O) groups excluding carboxylic acids is 1. The fourth-order valence-electron chi connectivity index (χ4n) is 2.99. The van der Waals surface area contributed by atoms with Gasteiger partial charge in [0.05, 0.1) is 0 Å². The van der Waals surface area contributed by atoms with Gasteiger partial charge in [0.2, 0.25) is 0 Å². The SMILES string of the molecule is CNC(=O)Oc1ccc2c(c1)SC[C@@H]1CCN(C)[C@H]21. The number of fused-ring (bicyclic) bond motifs is 3. The van der Waals surface area contributed by atoms with Crippen LogP contribution in [0.5, 0.6) is 5.75 Å². The van der Waals surface area contributed by atoms with Gasteiger partial charge in [-0.3, -0.25) is 4.90 Å². The second-order valence-electron chi connectivity index (χ2n) is 5.12. The Balaban J connectivity index is 1.88. The molecule has 19 heavy (non-hydrogen) atoms. The summed E-state index contributed by atoms with van der Waals surface area (Å²) in [6.07, 6.45) is 0.862. The summed E-state index contributed by atoms with van der Waals surface area (Å²) in [6.45, 7) is 1.17. The Morgan fingerprint density at radius 3 is 3.16 bits per heavy atom. The molecular weight excluding hydrogens is 260 g/mol. The molecule has 1 saturated heterocycles. The first-order chi connectivity index (χ1) is 9.19. The second-order valence-corrected chi connectivity index (χ2v) is 6.19. The molecule has 2 aliphatic heterocycles. The van der Waals surface area contributed by atoms with Gasteiger partial charge in [0, 0.05) is 23.7 Å². The maximum Gasteiger partial charge on any atom is 0.412 e. The molecular formula is C14H18N2O2S. The molecule has 3 rings (SSSR count). The number of nitrogens with one attached hydrogen (secondary N) is 1. The predicted octanol–water partition coefficient (Wildman–Crippen LogP) is 2.50. The van der Waals surface area contributed by atoms with Gasteiger partial charge in [0.1, 0.15) is 5.75 Å². The average molecular weight is 278 g/mol. The quantitative estimate of drug-likeness (QED) is 0.857. The molecule has 0 spiro atoms. The van der Waals surface area contributed by atoms with Crippen LogP contribution >= 0.6 is 11.8 Å². The third kappa shape index (κ3) is 2.32. The van der Waals surface area contributed by atoms with Crippen LogP contribution in [-0.4, -0.2) is 37.4 Å². The van der Waals surface area contributed by atoms with Gasteiger partial charge in [0.25, 0.3) is 0 Å². The first-order valence-corrected chi connectivity index (χ1v) is 7.54. The summed E-state index contributed by atoms with van der Waals surface area (Å²) in [6, 6.07) is 6.52. The van der Waals surface area contributed by atoms with E-state index in [0.29, 0.717) is 11.8 Å². The van der Waals surface area contributed by atoms with Crippen molar-refractivity contribution in [2.75, 3.05) is 26.4 Å². The van der Waals surface area contributed by atoms with Crippen molar-refractivity contribution in [1.29, 1.82) is 0 Å². The van der Waals surface area contributed by atoms with Crippen molar-refractivity contribution in [3.63, 3.8) is 0 Å². The van der Waals surface area contributed by atoms with E-state index < -0.39 is 6.09 Å². The number of ether oxygens (including phenoxy) is 1. The average Bonchev–Trinajstić information content (AvgIpc) is 2.80. The van der Waals surface area contributed by atoms with Crippen molar-refractivity contribution in [3.05, 3.63) is 23.8 Å². The van der Waals surface area contributed by atoms with Gasteiger partial charge in [-0.2, -0.15) is 0 Å². The van der Waals surface area contributed by atoms with E-state index in [1.54, 1.807) is 7.05 Å². The Hall–Kier alpha value is -1.20. The Morgan fingerprint density at radius 2 is 2.37 bits per heavy atom. The van der Waals surface area contributed by atoms with Gasteiger partial charge in [-0.15, -0.1) is 11.8 Å². The third-order valence-electron chi connectivity index (χ3n) is 3.95. The molecule has 1 fully saturated rings. The van der Waals surface area contributed by atoms with Crippen LogP contribution in [-0.2, 0) is 0 Å². The number of hydrogen-bond donors (Lipinski definition) is 1. The molecule has 5 heteroatoms. The lowest BCUT2D eigenvalue weighted by molar-refractivity contribution is 0.202. The molecule has 0 unspecified atom stereocenters. The van der Waals surface area contributed by atoms with Crippen molar-refractivity contribution >= 4 is 17.9 Å². The molecule has 0 bridgehead atoms. The molecule has 0 radical (unpaired) electrons. The van der Waals surface area contributed by atoms with E-state index in [-0.39, 0.29) is 0 Å². The van der Waals surface area contributed by atoms with Gasteiger partial charge < -0.3 is 10.1 Å². The molecule has 0 aromatic heterocycles. The molecule has 1 aromatic carbocycles. The van der Waals surface area contributed by atoms with E-state index in [2.05, 4.69) is 23.3 Å². The van der Waals surface area contributed by atoms with Crippen molar-refractivity contribution in [3.8, 4) is 5.75 Å². The van der Waals surface area contributed by atoms with Gasteiger partial charge in [-0.25, -0.2) is 4.79 Å². The van der Waals surface area contributed by atoms with Gasteiger partial charge in [-0.05, 0) is 43.6 Å². The summed E-state index contributed by atoms with van der Waals surface area (Å²) in [4.78, 5) is 14.9. The topological polar surface area (TPSA) is 41.6 Å². The Labute approximate surface area is 117 Å². The van der Waals surface area contributed by atoms with E-state index in [9.17, 15) is 4.79 Å². The molecule has 1 amide bonds. The zero-order chi connectivity index (χ0) is 13.4. The minimum atomic E-state index is -0.420. The number of carbonyl (C=O) groups is 1. The summed E-state index contributed by atoms with van der Waals surface area (Å²) in [5.41, 5.74) is 1.38. The lowest BCUT2D eigenvalue weighted by Crippen LogP contribution is -2.25. The lowest BCUT2D eigenvalue weighted by atomic mass is 9.94.